The number of aryl methyl sites for hydroxylation is 1. The van der Waals surface area contributed by atoms with Crippen molar-refractivity contribution in [2.24, 2.45) is 7.05 Å². The lowest BCUT2D eigenvalue weighted by atomic mass is 10.0. The molecule has 2 heterocycles. The molecule has 0 saturated heterocycles. The van der Waals surface area contributed by atoms with Gasteiger partial charge in [-0.1, -0.05) is 36.4 Å². The Morgan fingerprint density at radius 3 is 2.45 bits per heavy atom. The molecule has 0 saturated carbocycles. The SMILES string of the molecule is COC(=O)c1cccc(C(=O)N2CCc3c(-c4ccccc4)nn(C)c3CC2)c1. The molecule has 1 aliphatic heterocycles. The molecule has 1 aromatic heterocycles. The number of ether oxygens (including phenoxy) is 1. The number of rotatable bonds is 3. The highest BCUT2D eigenvalue weighted by molar-refractivity contribution is 5.98. The Labute approximate surface area is 169 Å². The van der Waals surface area contributed by atoms with E-state index in [1.165, 1.54) is 18.4 Å². The summed E-state index contributed by atoms with van der Waals surface area (Å²) in [5.41, 5.74) is 5.34. The Kier molecular flexibility index (Phi) is 5.16. The molecule has 4 rings (SSSR count). The maximum absolute atomic E-state index is 13.1. The Morgan fingerprint density at radius 1 is 0.966 bits per heavy atom. The van der Waals surface area contributed by atoms with Crippen molar-refractivity contribution in [2.75, 3.05) is 20.2 Å². The van der Waals surface area contributed by atoms with Gasteiger partial charge in [0.05, 0.1) is 18.4 Å². The number of amides is 1. The van der Waals surface area contributed by atoms with Crippen LogP contribution < -0.4 is 0 Å². The fraction of sp³-hybridized carbons (Fsp3) is 0.261. The van der Waals surface area contributed by atoms with E-state index in [1.807, 2.05) is 34.8 Å². The molecule has 0 atom stereocenters. The zero-order valence-corrected chi connectivity index (χ0v) is 16.6. The summed E-state index contributed by atoms with van der Waals surface area (Å²) >= 11 is 0. The monoisotopic (exact) mass is 389 g/mol. The molecule has 0 radical (unpaired) electrons. The molecule has 0 aliphatic carbocycles. The van der Waals surface area contributed by atoms with Crippen LogP contribution in [0.3, 0.4) is 0 Å². The number of carbonyl (C=O) groups is 2. The van der Waals surface area contributed by atoms with E-state index in [4.69, 9.17) is 9.84 Å². The summed E-state index contributed by atoms with van der Waals surface area (Å²) in [7, 11) is 3.30. The standard InChI is InChI=1S/C23H23N3O3/c1-25-20-12-14-26(22(27)17-9-6-10-18(15-17)23(28)29-2)13-11-19(20)21(24-25)16-7-4-3-5-8-16/h3-10,15H,11-14H2,1-2H3. The van der Waals surface area contributed by atoms with E-state index in [0.717, 1.165) is 24.1 Å². The molecule has 148 valence electrons. The van der Waals surface area contributed by atoms with Gasteiger partial charge in [0.25, 0.3) is 5.91 Å². The third kappa shape index (κ3) is 3.66. The lowest BCUT2D eigenvalue weighted by Gasteiger charge is -2.20. The van der Waals surface area contributed by atoms with Crippen LogP contribution in [0.1, 0.15) is 32.0 Å². The minimum Gasteiger partial charge on any atom is -0.465 e. The Hall–Kier alpha value is -3.41. The lowest BCUT2D eigenvalue weighted by Crippen LogP contribution is -2.33. The minimum atomic E-state index is -0.443. The number of methoxy groups -OCH3 is 1. The minimum absolute atomic E-state index is 0.0715. The van der Waals surface area contributed by atoms with Gasteiger partial charge in [-0.3, -0.25) is 9.48 Å². The summed E-state index contributed by atoms with van der Waals surface area (Å²) in [4.78, 5) is 26.7. The van der Waals surface area contributed by atoms with Crippen molar-refractivity contribution in [3.05, 3.63) is 77.0 Å². The molecule has 6 nitrogen and oxygen atoms in total. The van der Waals surface area contributed by atoms with Crippen LogP contribution in [-0.4, -0.2) is 46.8 Å². The summed E-state index contributed by atoms with van der Waals surface area (Å²) in [6.45, 7) is 1.22. The van der Waals surface area contributed by atoms with E-state index < -0.39 is 5.97 Å². The molecule has 6 heteroatoms. The van der Waals surface area contributed by atoms with Gasteiger partial charge in [-0.2, -0.15) is 5.10 Å². The number of fused-ring (bicyclic) bond motifs is 1. The number of hydrogen-bond acceptors (Lipinski definition) is 4. The first-order valence-corrected chi connectivity index (χ1v) is 9.66. The largest absolute Gasteiger partial charge is 0.465 e. The maximum Gasteiger partial charge on any atom is 0.337 e. The van der Waals surface area contributed by atoms with Gasteiger partial charge in [-0.25, -0.2) is 4.79 Å². The summed E-state index contributed by atoms with van der Waals surface area (Å²) < 4.78 is 6.70. The summed E-state index contributed by atoms with van der Waals surface area (Å²) in [6, 6.07) is 16.8. The molecule has 0 N–H and O–H groups in total. The molecule has 3 aromatic rings. The van der Waals surface area contributed by atoms with Gasteiger partial charge < -0.3 is 9.64 Å². The summed E-state index contributed by atoms with van der Waals surface area (Å²) in [5, 5.41) is 4.73. The normalized spacial score (nSPS) is 13.5. The van der Waals surface area contributed by atoms with Gasteiger partial charge in [-0.05, 0) is 24.6 Å². The topological polar surface area (TPSA) is 64.4 Å². The molecule has 2 aromatic carbocycles. The first-order chi connectivity index (χ1) is 14.1. The Balaban J connectivity index is 1.58. The summed E-state index contributed by atoms with van der Waals surface area (Å²) in [6.07, 6.45) is 1.49. The van der Waals surface area contributed by atoms with Crippen LogP contribution >= 0.6 is 0 Å². The van der Waals surface area contributed by atoms with E-state index in [1.54, 1.807) is 24.3 Å². The zero-order valence-electron chi connectivity index (χ0n) is 16.6. The predicted molar refractivity (Wildman–Crippen MR) is 110 cm³/mol. The van der Waals surface area contributed by atoms with Crippen LogP contribution in [0.25, 0.3) is 11.3 Å². The second-order valence-electron chi connectivity index (χ2n) is 7.13. The molecular formula is C23H23N3O3. The van der Waals surface area contributed by atoms with Crippen LogP contribution in [0.2, 0.25) is 0 Å². The van der Waals surface area contributed by atoms with E-state index in [9.17, 15) is 9.59 Å². The van der Waals surface area contributed by atoms with Crippen molar-refractivity contribution in [2.45, 2.75) is 12.8 Å². The van der Waals surface area contributed by atoms with Crippen LogP contribution in [0.15, 0.2) is 54.6 Å². The number of aromatic nitrogens is 2. The number of nitrogens with zero attached hydrogens (tertiary/aromatic N) is 3. The molecule has 0 bridgehead atoms. The van der Waals surface area contributed by atoms with E-state index in [2.05, 4.69) is 12.1 Å². The highest BCUT2D eigenvalue weighted by Crippen LogP contribution is 2.28. The van der Waals surface area contributed by atoms with E-state index >= 15 is 0 Å². The molecule has 29 heavy (non-hydrogen) atoms. The Morgan fingerprint density at radius 2 is 1.69 bits per heavy atom. The first-order valence-electron chi connectivity index (χ1n) is 9.66. The number of esters is 1. The number of hydrogen-bond donors (Lipinski definition) is 0. The predicted octanol–water partition coefficient (Wildman–Crippen LogP) is 3.11. The van der Waals surface area contributed by atoms with Crippen molar-refractivity contribution < 1.29 is 14.3 Å². The first kappa shape index (κ1) is 18.9. The van der Waals surface area contributed by atoms with E-state index in [-0.39, 0.29) is 5.91 Å². The quantitative estimate of drug-likeness (QED) is 0.646. The van der Waals surface area contributed by atoms with Gasteiger partial charge in [0, 0.05) is 48.9 Å². The van der Waals surface area contributed by atoms with Crippen molar-refractivity contribution in [1.29, 1.82) is 0 Å². The fourth-order valence-corrected chi connectivity index (χ4v) is 3.89. The van der Waals surface area contributed by atoms with Gasteiger partial charge in [0.15, 0.2) is 0 Å². The molecule has 1 aliphatic rings. The second kappa shape index (κ2) is 7.91. The van der Waals surface area contributed by atoms with Crippen molar-refractivity contribution in [3.8, 4) is 11.3 Å². The number of benzene rings is 2. The second-order valence-corrected chi connectivity index (χ2v) is 7.13. The van der Waals surface area contributed by atoms with Crippen LogP contribution in [0.5, 0.6) is 0 Å². The van der Waals surface area contributed by atoms with Crippen molar-refractivity contribution >= 4 is 11.9 Å². The maximum atomic E-state index is 13.1. The van der Waals surface area contributed by atoms with Crippen molar-refractivity contribution in [1.82, 2.24) is 14.7 Å². The molecule has 0 spiro atoms. The average molecular weight is 389 g/mol. The summed E-state index contributed by atoms with van der Waals surface area (Å²) in [5.74, 6) is -0.515. The molecule has 0 fully saturated rings. The van der Waals surface area contributed by atoms with Crippen molar-refractivity contribution in [3.63, 3.8) is 0 Å². The highest BCUT2D eigenvalue weighted by atomic mass is 16.5. The molecule has 1 amide bonds. The van der Waals surface area contributed by atoms with E-state index in [0.29, 0.717) is 24.2 Å². The third-order valence-electron chi connectivity index (χ3n) is 5.39. The average Bonchev–Trinajstić information content (AvgIpc) is 2.94. The smallest absolute Gasteiger partial charge is 0.337 e. The lowest BCUT2D eigenvalue weighted by molar-refractivity contribution is 0.0600. The molecular weight excluding hydrogens is 366 g/mol. The third-order valence-corrected chi connectivity index (χ3v) is 5.39. The Bertz CT molecular complexity index is 1060. The van der Waals surface area contributed by atoms with Crippen LogP contribution in [0, 0.1) is 0 Å². The zero-order chi connectivity index (χ0) is 20.4. The van der Waals surface area contributed by atoms with Gasteiger partial charge in [-0.15, -0.1) is 0 Å². The highest BCUT2D eigenvalue weighted by Gasteiger charge is 2.25. The molecule has 0 unspecified atom stereocenters. The van der Waals surface area contributed by atoms with Gasteiger partial charge in [0.1, 0.15) is 0 Å². The number of carbonyl (C=O) groups excluding carboxylic acids is 2. The van der Waals surface area contributed by atoms with Gasteiger partial charge >= 0.3 is 5.97 Å². The van der Waals surface area contributed by atoms with Crippen LogP contribution in [-0.2, 0) is 24.6 Å². The fourth-order valence-electron chi connectivity index (χ4n) is 3.89. The van der Waals surface area contributed by atoms with Gasteiger partial charge in [0.2, 0.25) is 0 Å². The van der Waals surface area contributed by atoms with Crippen LogP contribution in [0.4, 0.5) is 0 Å².